The van der Waals surface area contributed by atoms with E-state index in [9.17, 15) is 4.79 Å². The predicted octanol–water partition coefficient (Wildman–Crippen LogP) is -4.19. The lowest BCUT2D eigenvalue weighted by molar-refractivity contribution is -0.671. The van der Waals surface area contributed by atoms with Crippen molar-refractivity contribution in [1.82, 2.24) is 4.57 Å². The Kier molecular flexibility index (Phi) is 4.59. The van der Waals surface area contributed by atoms with Crippen molar-refractivity contribution in [3.05, 3.63) is 18.2 Å². The molecule has 3 N–H and O–H groups in total. The molecule has 0 bridgehead atoms. The minimum absolute atomic E-state index is 0. The van der Waals surface area contributed by atoms with Gasteiger partial charge in [0, 0.05) is 6.42 Å². The molecule has 0 spiro atoms. The Morgan fingerprint density at radius 3 is 2.71 bits per heavy atom. The highest BCUT2D eigenvalue weighted by Crippen LogP contribution is 1.98. The fourth-order valence-electron chi connectivity index (χ4n) is 1.22. The van der Waals surface area contributed by atoms with Crippen LogP contribution in [-0.2, 0) is 25.3 Å². The van der Waals surface area contributed by atoms with Crippen LogP contribution >= 0.6 is 0 Å². The standard InChI is InChI=1S/C8H13N3O2.ClH/c1-10-4-6(11(2)5-10)3-7(9)8(12)13;/h4-5,7H,3,9H2,1-2H3;1H/t7-;/m0./s1. The van der Waals surface area contributed by atoms with Gasteiger partial charge in [-0.25, -0.2) is 9.13 Å². The molecule has 0 amide bonds. The number of nitrogens with two attached hydrogens (primary N) is 1. The van der Waals surface area contributed by atoms with Gasteiger partial charge in [0.15, 0.2) is 0 Å². The molecule has 0 radical (unpaired) electrons. The summed E-state index contributed by atoms with van der Waals surface area (Å²) in [6.45, 7) is 0. The Morgan fingerprint density at radius 1 is 1.79 bits per heavy atom. The maximum atomic E-state index is 10.5. The molecule has 80 valence electrons. The summed E-state index contributed by atoms with van der Waals surface area (Å²) < 4.78 is 3.73. The van der Waals surface area contributed by atoms with Gasteiger partial charge in [0.05, 0.1) is 14.1 Å². The maximum Gasteiger partial charge on any atom is 0.320 e. The maximum absolute atomic E-state index is 10.5. The van der Waals surface area contributed by atoms with Gasteiger partial charge in [0.1, 0.15) is 17.9 Å². The quantitative estimate of drug-likeness (QED) is 0.507. The van der Waals surface area contributed by atoms with E-state index in [1.807, 2.05) is 35.8 Å². The van der Waals surface area contributed by atoms with E-state index in [1.165, 1.54) is 0 Å². The molecular formula is C8H14ClN3O2. The zero-order valence-electron chi connectivity index (χ0n) is 8.14. The number of carboxylic acids is 1. The summed E-state index contributed by atoms with van der Waals surface area (Å²) in [6.07, 6.45) is 4.08. The largest absolute Gasteiger partial charge is 1.00 e. The van der Waals surface area contributed by atoms with Gasteiger partial charge in [-0.15, -0.1) is 0 Å². The molecule has 6 heteroatoms. The van der Waals surface area contributed by atoms with Crippen molar-refractivity contribution < 1.29 is 26.9 Å². The Morgan fingerprint density at radius 2 is 2.36 bits per heavy atom. The molecule has 0 aromatic carbocycles. The molecule has 1 aromatic heterocycles. The third-order valence-corrected chi connectivity index (χ3v) is 1.91. The summed E-state index contributed by atoms with van der Waals surface area (Å²) >= 11 is 0. The summed E-state index contributed by atoms with van der Waals surface area (Å²) in [5.41, 5.74) is 6.32. The second-order valence-electron chi connectivity index (χ2n) is 3.16. The molecule has 0 aliphatic carbocycles. The number of aromatic nitrogens is 2. The lowest BCUT2D eigenvalue weighted by atomic mass is 10.2. The van der Waals surface area contributed by atoms with Crippen LogP contribution in [0.4, 0.5) is 0 Å². The minimum Gasteiger partial charge on any atom is -1.00 e. The molecule has 0 fully saturated rings. The number of rotatable bonds is 3. The molecule has 1 aromatic rings. The lowest BCUT2D eigenvalue weighted by Crippen LogP contribution is -3.00. The summed E-state index contributed by atoms with van der Waals surface area (Å²) in [7, 11) is 3.75. The average Bonchev–Trinajstić information content (AvgIpc) is 2.30. The van der Waals surface area contributed by atoms with Crippen molar-refractivity contribution in [3.63, 3.8) is 0 Å². The summed E-state index contributed by atoms with van der Waals surface area (Å²) in [6, 6.07) is -0.825. The number of carboxylic acid groups (broad SMARTS) is 1. The van der Waals surface area contributed by atoms with Crippen LogP contribution < -0.4 is 22.7 Å². The summed E-state index contributed by atoms with van der Waals surface area (Å²) in [5.74, 6) is -0.969. The molecule has 0 saturated heterocycles. The van der Waals surface area contributed by atoms with Crippen molar-refractivity contribution in [2.24, 2.45) is 19.8 Å². The topological polar surface area (TPSA) is 72.1 Å². The normalized spacial score (nSPS) is 11.9. The zero-order valence-corrected chi connectivity index (χ0v) is 8.90. The highest BCUT2D eigenvalue weighted by atomic mass is 35.5. The summed E-state index contributed by atoms with van der Waals surface area (Å²) in [4.78, 5) is 10.5. The van der Waals surface area contributed by atoms with Gasteiger partial charge in [-0.05, 0) is 0 Å². The SMILES string of the molecule is Cn1c[n+](C)cc1C[C@H](N)C(=O)O.[Cl-]. The van der Waals surface area contributed by atoms with Crippen LogP contribution in [0, 0.1) is 0 Å². The van der Waals surface area contributed by atoms with Crippen molar-refractivity contribution >= 4 is 5.97 Å². The van der Waals surface area contributed by atoms with E-state index in [0.717, 1.165) is 5.69 Å². The van der Waals surface area contributed by atoms with Crippen LogP contribution in [0.15, 0.2) is 12.5 Å². The fourth-order valence-corrected chi connectivity index (χ4v) is 1.22. The van der Waals surface area contributed by atoms with Crippen molar-refractivity contribution in [2.45, 2.75) is 12.5 Å². The molecule has 14 heavy (non-hydrogen) atoms. The molecule has 5 nitrogen and oxygen atoms in total. The first-order valence-electron chi connectivity index (χ1n) is 3.99. The number of imidazole rings is 1. The van der Waals surface area contributed by atoms with Gasteiger partial charge in [-0.1, -0.05) is 0 Å². The average molecular weight is 220 g/mol. The number of aryl methyl sites for hydroxylation is 2. The van der Waals surface area contributed by atoms with Gasteiger partial charge < -0.3 is 23.2 Å². The number of hydrogen-bond donors (Lipinski definition) is 2. The van der Waals surface area contributed by atoms with Gasteiger partial charge in [0.2, 0.25) is 6.33 Å². The van der Waals surface area contributed by atoms with E-state index in [0.29, 0.717) is 6.42 Å². The molecule has 0 aliphatic rings. The van der Waals surface area contributed by atoms with Crippen LogP contribution in [0.25, 0.3) is 0 Å². The van der Waals surface area contributed by atoms with Crippen molar-refractivity contribution in [2.75, 3.05) is 0 Å². The second kappa shape index (κ2) is 4.97. The number of aliphatic carboxylic acids is 1. The third-order valence-electron chi connectivity index (χ3n) is 1.91. The lowest BCUT2D eigenvalue weighted by Gasteiger charge is -2.02. The van der Waals surface area contributed by atoms with Gasteiger partial charge >= 0.3 is 5.97 Å². The van der Waals surface area contributed by atoms with Gasteiger partial charge in [-0.3, -0.25) is 4.79 Å². The Hall–Kier alpha value is -1.07. The molecular weight excluding hydrogens is 206 g/mol. The molecule has 1 heterocycles. The monoisotopic (exact) mass is 219 g/mol. The number of carbonyl (C=O) groups is 1. The highest BCUT2D eigenvalue weighted by Gasteiger charge is 2.17. The predicted molar refractivity (Wildman–Crippen MR) is 45.9 cm³/mol. The zero-order chi connectivity index (χ0) is 10.0. The van der Waals surface area contributed by atoms with E-state index in [1.54, 1.807) is 0 Å². The molecule has 0 unspecified atom stereocenters. The van der Waals surface area contributed by atoms with E-state index in [4.69, 9.17) is 10.8 Å². The van der Waals surface area contributed by atoms with E-state index < -0.39 is 12.0 Å². The number of nitrogens with zero attached hydrogens (tertiary/aromatic N) is 2. The molecule has 0 aliphatic heterocycles. The Balaban J connectivity index is 0.00000169. The smallest absolute Gasteiger partial charge is 0.320 e. The van der Waals surface area contributed by atoms with E-state index in [-0.39, 0.29) is 12.4 Å². The van der Waals surface area contributed by atoms with Crippen molar-refractivity contribution in [1.29, 1.82) is 0 Å². The second-order valence-corrected chi connectivity index (χ2v) is 3.16. The molecule has 1 rings (SSSR count). The minimum atomic E-state index is -0.969. The van der Waals surface area contributed by atoms with Crippen LogP contribution in [0.1, 0.15) is 5.69 Å². The fraction of sp³-hybridized carbons (Fsp3) is 0.500. The van der Waals surface area contributed by atoms with Gasteiger partial charge in [-0.2, -0.15) is 0 Å². The highest BCUT2D eigenvalue weighted by molar-refractivity contribution is 5.73. The molecule has 1 atom stereocenters. The first-order chi connectivity index (χ1) is 6.00. The van der Waals surface area contributed by atoms with Crippen LogP contribution in [-0.4, -0.2) is 21.7 Å². The molecule has 0 saturated carbocycles. The van der Waals surface area contributed by atoms with E-state index in [2.05, 4.69) is 0 Å². The van der Waals surface area contributed by atoms with Crippen LogP contribution in [0.2, 0.25) is 0 Å². The van der Waals surface area contributed by atoms with E-state index >= 15 is 0 Å². The summed E-state index contributed by atoms with van der Waals surface area (Å²) in [5, 5.41) is 8.60. The van der Waals surface area contributed by atoms with Crippen LogP contribution in [0.3, 0.4) is 0 Å². The first-order valence-corrected chi connectivity index (χ1v) is 3.99. The van der Waals surface area contributed by atoms with Crippen LogP contribution in [0.5, 0.6) is 0 Å². The first kappa shape index (κ1) is 12.9. The van der Waals surface area contributed by atoms with Gasteiger partial charge in [0.25, 0.3) is 0 Å². The number of hydrogen-bond acceptors (Lipinski definition) is 2. The van der Waals surface area contributed by atoms with Crippen molar-refractivity contribution in [3.8, 4) is 0 Å². The third kappa shape index (κ3) is 3.01. The Labute approximate surface area is 88.6 Å². The Bertz CT molecular complexity index is 324. The number of halogens is 1.